The lowest BCUT2D eigenvalue weighted by Crippen LogP contribution is -1.90. The number of pyridine rings is 1. The van der Waals surface area contributed by atoms with Crippen molar-refractivity contribution in [2.24, 2.45) is 0 Å². The van der Waals surface area contributed by atoms with Crippen LogP contribution in [-0.4, -0.2) is 12.1 Å². The standard InChI is InChI=1S/C6H9N2OP/c1-9-6-5(8-10)3-2-4-7-6/h2-4,8H,10H2,1H3. The lowest BCUT2D eigenvalue weighted by molar-refractivity contribution is 0.400. The Morgan fingerprint density at radius 1 is 1.70 bits per heavy atom. The lowest BCUT2D eigenvalue weighted by atomic mass is 10.4. The van der Waals surface area contributed by atoms with Gasteiger partial charge >= 0.3 is 0 Å². The second-order valence-corrected chi connectivity index (χ2v) is 1.99. The van der Waals surface area contributed by atoms with Crippen LogP contribution in [0.2, 0.25) is 0 Å². The molecule has 0 aliphatic rings. The highest BCUT2D eigenvalue weighted by atomic mass is 31.0. The van der Waals surface area contributed by atoms with E-state index in [1.54, 1.807) is 13.3 Å². The molecule has 3 nitrogen and oxygen atoms in total. The van der Waals surface area contributed by atoms with Crippen LogP contribution in [0.15, 0.2) is 18.3 Å². The quantitative estimate of drug-likeness (QED) is 0.655. The molecule has 1 N–H and O–H groups in total. The summed E-state index contributed by atoms with van der Waals surface area (Å²) in [5.41, 5.74) is 0.870. The first kappa shape index (κ1) is 7.29. The largest absolute Gasteiger partial charge is 0.480 e. The van der Waals surface area contributed by atoms with Gasteiger partial charge in [-0.2, -0.15) is 0 Å². The van der Waals surface area contributed by atoms with E-state index >= 15 is 0 Å². The Balaban J connectivity index is 2.96. The number of anilines is 1. The van der Waals surface area contributed by atoms with Gasteiger partial charge in [0.15, 0.2) is 0 Å². The van der Waals surface area contributed by atoms with E-state index in [4.69, 9.17) is 4.74 Å². The van der Waals surface area contributed by atoms with E-state index in [-0.39, 0.29) is 0 Å². The van der Waals surface area contributed by atoms with Crippen LogP contribution in [0, 0.1) is 0 Å². The Morgan fingerprint density at radius 2 is 2.50 bits per heavy atom. The van der Waals surface area contributed by atoms with Crippen molar-refractivity contribution in [1.82, 2.24) is 4.98 Å². The van der Waals surface area contributed by atoms with Gasteiger partial charge in [-0.05, 0) is 21.5 Å². The molecule has 0 saturated carbocycles. The van der Waals surface area contributed by atoms with Gasteiger partial charge in [0.1, 0.15) is 5.69 Å². The first-order valence-corrected chi connectivity index (χ1v) is 3.42. The molecule has 54 valence electrons. The van der Waals surface area contributed by atoms with Crippen LogP contribution in [0.1, 0.15) is 0 Å². The van der Waals surface area contributed by atoms with Crippen LogP contribution in [0.3, 0.4) is 0 Å². The molecule has 1 heterocycles. The SMILES string of the molecule is COc1ncccc1NP. The second kappa shape index (κ2) is 3.37. The molecule has 0 bridgehead atoms. The van der Waals surface area contributed by atoms with Crippen LogP contribution >= 0.6 is 9.39 Å². The number of rotatable bonds is 2. The molecule has 0 radical (unpaired) electrons. The van der Waals surface area contributed by atoms with E-state index in [2.05, 4.69) is 19.5 Å². The van der Waals surface area contributed by atoms with Crippen molar-refractivity contribution in [1.29, 1.82) is 0 Å². The molecule has 0 aromatic carbocycles. The van der Waals surface area contributed by atoms with Crippen LogP contribution in [0.5, 0.6) is 5.88 Å². The van der Waals surface area contributed by atoms with Gasteiger partial charge in [-0.15, -0.1) is 0 Å². The summed E-state index contributed by atoms with van der Waals surface area (Å²) in [6.45, 7) is 0. The zero-order valence-corrected chi connectivity index (χ0v) is 6.82. The molecule has 1 unspecified atom stereocenters. The average Bonchev–Trinajstić information content (AvgIpc) is 2.04. The zero-order chi connectivity index (χ0) is 7.40. The molecule has 1 rings (SSSR count). The summed E-state index contributed by atoms with van der Waals surface area (Å²) in [7, 11) is 3.98. The maximum absolute atomic E-state index is 4.95. The molecule has 0 saturated heterocycles. The number of methoxy groups -OCH3 is 1. The minimum Gasteiger partial charge on any atom is -0.480 e. The maximum Gasteiger partial charge on any atom is 0.237 e. The highest BCUT2D eigenvalue weighted by Gasteiger charge is 1.97. The third kappa shape index (κ3) is 1.36. The van der Waals surface area contributed by atoms with Crippen molar-refractivity contribution in [2.75, 3.05) is 12.2 Å². The predicted molar refractivity (Wildman–Crippen MR) is 44.1 cm³/mol. The highest BCUT2D eigenvalue weighted by Crippen LogP contribution is 2.20. The Hall–Kier alpha value is -0.820. The van der Waals surface area contributed by atoms with E-state index in [0.717, 1.165) is 5.69 Å². The van der Waals surface area contributed by atoms with E-state index in [1.807, 2.05) is 12.1 Å². The summed E-state index contributed by atoms with van der Waals surface area (Å²) >= 11 is 0. The molecule has 4 heteroatoms. The first-order valence-electron chi connectivity index (χ1n) is 2.84. The van der Waals surface area contributed by atoms with Crippen LogP contribution < -0.4 is 9.82 Å². The van der Waals surface area contributed by atoms with Gasteiger partial charge < -0.3 is 9.82 Å². The van der Waals surface area contributed by atoms with E-state index < -0.39 is 0 Å². The summed E-state index contributed by atoms with van der Waals surface area (Å²) in [6.07, 6.45) is 1.68. The van der Waals surface area contributed by atoms with E-state index in [1.165, 1.54) is 0 Å². The van der Waals surface area contributed by atoms with Gasteiger partial charge in [0.2, 0.25) is 5.88 Å². The Morgan fingerprint density at radius 3 is 3.00 bits per heavy atom. The molecule has 1 aromatic rings. The van der Waals surface area contributed by atoms with Crippen LogP contribution in [0.4, 0.5) is 5.69 Å². The van der Waals surface area contributed by atoms with E-state index in [0.29, 0.717) is 5.88 Å². The molecule has 10 heavy (non-hydrogen) atoms. The normalized spacial score (nSPS) is 9.00. The van der Waals surface area contributed by atoms with Crippen molar-refractivity contribution in [2.45, 2.75) is 0 Å². The predicted octanol–water partition coefficient (Wildman–Crippen LogP) is 1.29. The summed E-state index contributed by atoms with van der Waals surface area (Å²) in [5.74, 6) is 0.609. The Bertz CT molecular complexity index is 194. The van der Waals surface area contributed by atoms with Crippen LogP contribution in [-0.2, 0) is 0 Å². The molecule has 1 aromatic heterocycles. The highest BCUT2D eigenvalue weighted by molar-refractivity contribution is 7.18. The minimum atomic E-state index is 0.609. The van der Waals surface area contributed by atoms with Gasteiger partial charge in [-0.25, -0.2) is 4.98 Å². The number of nitrogens with one attached hydrogen (secondary N) is 1. The van der Waals surface area contributed by atoms with Gasteiger partial charge in [-0.1, -0.05) is 0 Å². The van der Waals surface area contributed by atoms with Crippen LogP contribution in [0.25, 0.3) is 0 Å². The Labute approximate surface area is 62.1 Å². The molecule has 0 aliphatic heterocycles. The average molecular weight is 156 g/mol. The molecule has 0 amide bonds. The maximum atomic E-state index is 4.95. The monoisotopic (exact) mass is 156 g/mol. The molecular weight excluding hydrogens is 147 g/mol. The van der Waals surface area contributed by atoms with Crippen molar-refractivity contribution >= 4 is 15.1 Å². The summed E-state index contributed by atoms with van der Waals surface area (Å²) in [4.78, 5) is 3.97. The molecule has 0 fully saturated rings. The first-order chi connectivity index (χ1) is 4.88. The van der Waals surface area contributed by atoms with Crippen molar-refractivity contribution < 1.29 is 4.74 Å². The van der Waals surface area contributed by atoms with Gasteiger partial charge in [0.25, 0.3) is 0 Å². The van der Waals surface area contributed by atoms with Crippen molar-refractivity contribution in [3.8, 4) is 5.88 Å². The minimum absolute atomic E-state index is 0.609. The topological polar surface area (TPSA) is 34.1 Å². The van der Waals surface area contributed by atoms with Crippen molar-refractivity contribution in [3.05, 3.63) is 18.3 Å². The lowest BCUT2D eigenvalue weighted by Gasteiger charge is -2.03. The second-order valence-electron chi connectivity index (χ2n) is 1.70. The summed E-state index contributed by atoms with van der Waals surface area (Å²) < 4.78 is 4.95. The molecular formula is C6H9N2OP. The number of aromatic nitrogens is 1. The molecule has 1 atom stereocenters. The molecule has 0 aliphatic carbocycles. The fraction of sp³-hybridized carbons (Fsp3) is 0.167. The molecule has 0 spiro atoms. The van der Waals surface area contributed by atoms with Gasteiger partial charge in [0.05, 0.1) is 7.11 Å². The number of nitrogens with zero attached hydrogens (tertiary/aromatic N) is 1. The number of hydrogen-bond acceptors (Lipinski definition) is 3. The smallest absolute Gasteiger partial charge is 0.237 e. The van der Waals surface area contributed by atoms with Gasteiger partial charge in [-0.3, -0.25) is 0 Å². The zero-order valence-electron chi connectivity index (χ0n) is 5.66. The fourth-order valence-corrected chi connectivity index (χ4v) is 0.883. The summed E-state index contributed by atoms with van der Waals surface area (Å²) in [6, 6.07) is 3.73. The third-order valence-corrected chi connectivity index (χ3v) is 1.43. The van der Waals surface area contributed by atoms with Gasteiger partial charge in [0, 0.05) is 6.20 Å². The third-order valence-electron chi connectivity index (χ3n) is 1.12. The number of hydrogen-bond donors (Lipinski definition) is 1. The Kier molecular flexibility index (Phi) is 2.46. The van der Waals surface area contributed by atoms with E-state index in [9.17, 15) is 0 Å². The van der Waals surface area contributed by atoms with Crippen molar-refractivity contribution in [3.63, 3.8) is 0 Å². The summed E-state index contributed by atoms with van der Waals surface area (Å²) in [5, 5.41) is 2.88. The fourth-order valence-electron chi connectivity index (χ4n) is 0.663. The number of ether oxygens (including phenoxy) is 1.